The lowest BCUT2D eigenvalue weighted by molar-refractivity contribution is 0.376. The van der Waals surface area contributed by atoms with Crippen LogP contribution in [-0.2, 0) is 0 Å². The molecule has 96 valence electrons. The Balaban J connectivity index is 2.76. The fraction of sp³-hybridized carbons (Fsp3) is 0.667. The van der Waals surface area contributed by atoms with E-state index in [-0.39, 0.29) is 5.41 Å². The summed E-state index contributed by atoms with van der Waals surface area (Å²) in [7, 11) is 1.87. The van der Waals surface area contributed by atoms with Gasteiger partial charge < -0.3 is 10.6 Å². The van der Waals surface area contributed by atoms with Crippen molar-refractivity contribution in [1.29, 1.82) is 0 Å². The van der Waals surface area contributed by atoms with E-state index in [1.54, 1.807) is 11.8 Å². The summed E-state index contributed by atoms with van der Waals surface area (Å²) in [5.74, 6) is 1.73. The normalized spacial score (nSPS) is 11.4. The van der Waals surface area contributed by atoms with Gasteiger partial charge in [0.1, 0.15) is 11.6 Å². The van der Waals surface area contributed by atoms with Crippen LogP contribution in [0.4, 0.5) is 11.6 Å². The Morgan fingerprint density at radius 1 is 1.29 bits per heavy atom. The van der Waals surface area contributed by atoms with Crippen LogP contribution in [0.1, 0.15) is 27.2 Å². The molecule has 0 radical (unpaired) electrons. The molecule has 0 aliphatic rings. The zero-order chi connectivity index (χ0) is 12.9. The summed E-state index contributed by atoms with van der Waals surface area (Å²) in [4.78, 5) is 8.77. The number of hydrogen-bond acceptors (Lipinski definition) is 5. The number of aromatic nitrogens is 2. The van der Waals surface area contributed by atoms with Gasteiger partial charge in [-0.15, -0.1) is 0 Å². The summed E-state index contributed by atoms with van der Waals surface area (Å²) in [6.07, 6.45) is 3.12. The molecule has 0 fully saturated rings. The second-order valence-corrected chi connectivity index (χ2v) is 5.52. The Morgan fingerprint density at radius 2 is 1.94 bits per heavy atom. The monoisotopic (exact) mass is 254 g/mol. The average molecular weight is 254 g/mol. The molecule has 0 aliphatic carbocycles. The van der Waals surface area contributed by atoms with Crippen LogP contribution in [0.25, 0.3) is 0 Å². The van der Waals surface area contributed by atoms with E-state index in [2.05, 4.69) is 41.4 Å². The van der Waals surface area contributed by atoms with Gasteiger partial charge in [-0.2, -0.15) is 0 Å². The van der Waals surface area contributed by atoms with Crippen molar-refractivity contribution in [3.63, 3.8) is 0 Å². The predicted octanol–water partition coefficient (Wildman–Crippen LogP) is 3.09. The molecule has 0 unspecified atom stereocenters. The summed E-state index contributed by atoms with van der Waals surface area (Å²) in [5, 5.41) is 7.22. The minimum Gasteiger partial charge on any atom is -0.373 e. The Morgan fingerprint density at radius 3 is 2.47 bits per heavy atom. The van der Waals surface area contributed by atoms with Gasteiger partial charge in [0.25, 0.3) is 0 Å². The maximum absolute atomic E-state index is 4.44. The van der Waals surface area contributed by atoms with Crippen LogP contribution in [0.3, 0.4) is 0 Å². The van der Waals surface area contributed by atoms with E-state index in [0.717, 1.165) is 29.8 Å². The first-order chi connectivity index (χ1) is 8.00. The van der Waals surface area contributed by atoms with E-state index in [0.29, 0.717) is 0 Å². The standard InChI is InChI=1S/C12H22N4S/c1-6-12(2,3)8-14-10-7-9(13-4)15-11(16-10)17-5/h7H,6,8H2,1-5H3,(H2,13,14,15,16). The highest BCUT2D eigenvalue weighted by molar-refractivity contribution is 7.98. The fourth-order valence-electron chi connectivity index (χ4n) is 1.19. The highest BCUT2D eigenvalue weighted by atomic mass is 32.2. The highest BCUT2D eigenvalue weighted by Gasteiger charge is 2.15. The molecule has 1 aromatic rings. The lowest BCUT2D eigenvalue weighted by Crippen LogP contribution is -2.22. The molecule has 2 N–H and O–H groups in total. The van der Waals surface area contributed by atoms with E-state index in [9.17, 15) is 0 Å². The molecule has 5 heteroatoms. The summed E-state index contributed by atoms with van der Waals surface area (Å²) >= 11 is 1.55. The molecule has 1 rings (SSSR count). The van der Waals surface area contributed by atoms with Crippen LogP contribution >= 0.6 is 11.8 Å². The van der Waals surface area contributed by atoms with E-state index in [1.165, 1.54) is 0 Å². The van der Waals surface area contributed by atoms with E-state index >= 15 is 0 Å². The Bertz CT molecular complexity index is 343. The van der Waals surface area contributed by atoms with Crippen LogP contribution < -0.4 is 10.6 Å². The van der Waals surface area contributed by atoms with Crippen LogP contribution in [0.5, 0.6) is 0 Å². The third-order valence-corrected chi connectivity index (χ3v) is 3.40. The fourth-order valence-corrected chi connectivity index (χ4v) is 1.57. The Labute approximate surface area is 108 Å². The molecule has 4 nitrogen and oxygen atoms in total. The zero-order valence-electron chi connectivity index (χ0n) is 11.3. The van der Waals surface area contributed by atoms with Crippen molar-refractivity contribution in [2.45, 2.75) is 32.3 Å². The number of hydrogen-bond donors (Lipinski definition) is 2. The molecule has 0 atom stereocenters. The highest BCUT2D eigenvalue weighted by Crippen LogP contribution is 2.22. The van der Waals surface area contributed by atoms with Crippen LogP contribution in [0.2, 0.25) is 0 Å². The van der Waals surface area contributed by atoms with Gasteiger partial charge in [0, 0.05) is 19.7 Å². The third-order valence-electron chi connectivity index (χ3n) is 2.85. The lowest BCUT2D eigenvalue weighted by atomic mass is 9.90. The smallest absolute Gasteiger partial charge is 0.191 e. The zero-order valence-corrected chi connectivity index (χ0v) is 12.1. The molecule has 0 amide bonds. The largest absolute Gasteiger partial charge is 0.373 e. The topological polar surface area (TPSA) is 49.8 Å². The lowest BCUT2D eigenvalue weighted by Gasteiger charge is -2.23. The van der Waals surface area contributed by atoms with Crippen molar-refractivity contribution in [3.05, 3.63) is 6.07 Å². The second-order valence-electron chi connectivity index (χ2n) is 4.75. The van der Waals surface area contributed by atoms with Gasteiger partial charge in [0.15, 0.2) is 5.16 Å². The molecular formula is C12H22N4S. The van der Waals surface area contributed by atoms with Crippen molar-refractivity contribution in [3.8, 4) is 0 Å². The van der Waals surface area contributed by atoms with Gasteiger partial charge in [-0.25, -0.2) is 9.97 Å². The molecular weight excluding hydrogens is 232 g/mol. The molecule has 1 heterocycles. The number of nitrogens with one attached hydrogen (secondary N) is 2. The van der Waals surface area contributed by atoms with Crippen molar-refractivity contribution in [2.75, 3.05) is 30.5 Å². The van der Waals surface area contributed by atoms with Crippen LogP contribution in [0, 0.1) is 5.41 Å². The van der Waals surface area contributed by atoms with Crippen LogP contribution in [-0.4, -0.2) is 29.8 Å². The van der Waals surface area contributed by atoms with Crippen LogP contribution in [0.15, 0.2) is 11.2 Å². The van der Waals surface area contributed by atoms with Crippen molar-refractivity contribution >= 4 is 23.4 Å². The second kappa shape index (κ2) is 6.10. The van der Waals surface area contributed by atoms with Gasteiger partial charge >= 0.3 is 0 Å². The molecule has 17 heavy (non-hydrogen) atoms. The van der Waals surface area contributed by atoms with Gasteiger partial charge in [0.05, 0.1) is 0 Å². The summed E-state index contributed by atoms with van der Waals surface area (Å²) in [6.45, 7) is 7.61. The molecule has 0 bridgehead atoms. The van der Waals surface area contributed by atoms with E-state index < -0.39 is 0 Å². The number of nitrogens with zero attached hydrogens (tertiary/aromatic N) is 2. The maximum atomic E-state index is 4.44. The molecule has 0 aliphatic heterocycles. The van der Waals surface area contributed by atoms with E-state index in [4.69, 9.17) is 0 Å². The predicted molar refractivity (Wildman–Crippen MR) is 75.9 cm³/mol. The van der Waals surface area contributed by atoms with Crippen molar-refractivity contribution in [1.82, 2.24) is 9.97 Å². The number of rotatable bonds is 6. The minimum absolute atomic E-state index is 0.282. The average Bonchev–Trinajstić information content (AvgIpc) is 2.36. The molecule has 0 spiro atoms. The maximum Gasteiger partial charge on any atom is 0.191 e. The van der Waals surface area contributed by atoms with Crippen molar-refractivity contribution < 1.29 is 0 Å². The quantitative estimate of drug-likeness (QED) is 0.603. The number of thioether (sulfide) groups is 1. The van der Waals surface area contributed by atoms with E-state index in [1.807, 2.05) is 19.4 Å². The molecule has 1 aromatic heterocycles. The summed E-state index contributed by atoms with van der Waals surface area (Å²) in [5.41, 5.74) is 0.282. The summed E-state index contributed by atoms with van der Waals surface area (Å²) < 4.78 is 0. The van der Waals surface area contributed by atoms with Gasteiger partial charge in [-0.3, -0.25) is 0 Å². The third kappa shape index (κ3) is 4.42. The molecule has 0 saturated carbocycles. The minimum atomic E-state index is 0.282. The van der Waals surface area contributed by atoms with Crippen molar-refractivity contribution in [2.24, 2.45) is 5.41 Å². The van der Waals surface area contributed by atoms with Gasteiger partial charge in [-0.05, 0) is 18.1 Å². The number of anilines is 2. The molecule has 0 aromatic carbocycles. The first-order valence-electron chi connectivity index (χ1n) is 5.85. The first-order valence-corrected chi connectivity index (χ1v) is 7.08. The summed E-state index contributed by atoms with van der Waals surface area (Å²) in [6, 6.07) is 1.94. The SMILES string of the molecule is CCC(C)(C)CNc1cc(NC)nc(SC)n1. The molecule has 0 saturated heterocycles. The van der Waals surface area contributed by atoms with Gasteiger partial charge in [-0.1, -0.05) is 32.5 Å². The van der Waals surface area contributed by atoms with Gasteiger partial charge in [0.2, 0.25) is 0 Å². The Hall–Kier alpha value is -0.970. The first kappa shape index (κ1) is 14.1. The Kier molecular flexibility index (Phi) is 5.05.